The number of nitrogens with one attached hydrogen (secondary N) is 2. The zero-order chi connectivity index (χ0) is 20.9. The number of alkyl halides is 3. The predicted molar refractivity (Wildman–Crippen MR) is 122 cm³/mol. The third-order valence-corrected chi connectivity index (χ3v) is 4.97. The molecule has 2 N–H and O–H groups in total. The molecule has 1 unspecified atom stereocenters. The number of benzene rings is 1. The maximum atomic E-state index is 12.5. The van der Waals surface area contributed by atoms with Crippen LogP contribution >= 0.6 is 24.0 Å². The SMILES string of the molecule is CN=C(NCc1cccc(Cn2ccnc2C)c1)NC1CCN(CC(F)(F)F)C1.I. The van der Waals surface area contributed by atoms with E-state index >= 15 is 0 Å². The van der Waals surface area contributed by atoms with Crippen molar-refractivity contribution in [3.05, 3.63) is 53.6 Å². The predicted octanol–water partition coefficient (Wildman–Crippen LogP) is 3.16. The van der Waals surface area contributed by atoms with E-state index in [0.717, 1.165) is 17.9 Å². The highest BCUT2D eigenvalue weighted by molar-refractivity contribution is 14.0. The van der Waals surface area contributed by atoms with Crippen molar-refractivity contribution in [1.29, 1.82) is 0 Å². The number of halogens is 4. The van der Waals surface area contributed by atoms with Gasteiger partial charge in [-0.1, -0.05) is 24.3 Å². The van der Waals surface area contributed by atoms with Crippen LogP contribution in [0.3, 0.4) is 0 Å². The molecule has 1 atom stereocenters. The molecule has 0 bridgehead atoms. The molecule has 2 aromatic rings. The zero-order valence-corrected chi connectivity index (χ0v) is 19.4. The number of nitrogens with zero attached hydrogens (tertiary/aromatic N) is 4. The summed E-state index contributed by atoms with van der Waals surface area (Å²) >= 11 is 0. The fourth-order valence-electron chi connectivity index (χ4n) is 3.53. The van der Waals surface area contributed by atoms with E-state index in [1.165, 1.54) is 10.5 Å². The van der Waals surface area contributed by atoms with Gasteiger partial charge in [0.1, 0.15) is 5.82 Å². The summed E-state index contributed by atoms with van der Waals surface area (Å²) in [5.41, 5.74) is 2.28. The number of hydrogen-bond donors (Lipinski definition) is 2. The second-order valence-corrected chi connectivity index (χ2v) is 7.33. The van der Waals surface area contributed by atoms with Gasteiger partial charge in [-0.25, -0.2) is 4.98 Å². The Kier molecular flexibility index (Phi) is 8.95. The molecular weight excluding hydrogens is 508 g/mol. The number of rotatable bonds is 6. The maximum Gasteiger partial charge on any atom is 0.401 e. The highest BCUT2D eigenvalue weighted by Gasteiger charge is 2.34. The van der Waals surface area contributed by atoms with Gasteiger partial charge < -0.3 is 15.2 Å². The molecule has 1 aliphatic rings. The van der Waals surface area contributed by atoms with Gasteiger partial charge in [-0.05, 0) is 24.5 Å². The largest absolute Gasteiger partial charge is 0.401 e. The molecule has 1 saturated heterocycles. The quantitative estimate of drug-likeness (QED) is 0.339. The van der Waals surface area contributed by atoms with Crippen molar-refractivity contribution in [3.63, 3.8) is 0 Å². The van der Waals surface area contributed by atoms with Crippen LogP contribution in [0.4, 0.5) is 13.2 Å². The van der Waals surface area contributed by atoms with Crippen molar-refractivity contribution in [2.24, 2.45) is 4.99 Å². The topological polar surface area (TPSA) is 57.5 Å². The standard InChI is InChI=1S/C20H27F3N6.HI/c1-15-25-7-9-29(15)12-17-5-3-4-16(10-17)11-26-19(24-2)27-18-6-8-28(13-18)14-20(21,22)23;/h3-5,7,9-10,18H,6,8,11-14H2,1-2H3,(H2,24,26,27);1H. The van der Waals surface area contributed by atoms with Crippen LogP contribution in [-0.4, -0.2) is 59.3 Å². The Hall–Kier alpha value is -1.82. The molecule has 1 fully saturated rings. The number of likely N-dealkylation sites (tertiary alicyclic amines) is 1. The van der Waals surface area contributed by atoms with Crippen molar-refractivity contribution in [1.82, 2.24) is 25.1 Å². The summed E-state index contributed by atoms with van der Waals surface area (Å²) in [6.07, 6.45) is 0.247. The molecular formula is C20H28F3IN6. The van der Waals surface area contributed by atoms with E-state index in [1.54, 1.807) is 13.2 Å². The van der Waals surface area contributed by atoms with Gasteiger partial charge in [0.05, 0.1) is 6.54 Å². The minimum Gasteiger partial charge on any atom is -0.352 e. The van der Waals surface area contributed by atoms with E-state index in [-0.39, 0.29) is 30.0 Å². The smallest absolute Gasteiger partial charge is 0.352 e. The average Bonchev–Trinajstić information content (AvgIpc) is 3.26. The van der Waals surface area contributed by atoms with Crippen molar-refractivity contribution in [2.75, 3.05) is 26.7 Å². The van der Waals surface area contributed by atoms with Gasteiger partial charge >= 0.3 is 6.18 Å². The number of guanidine groups is 1. The summed E-state index contributed by atoms with van der Waals surface area (Å²) < 4.78 is 39.7. The second-order valence-electron chi connectivity index (χ2n) is 7.33. The van der Waals surface area contributed by atoms with Crippen molar-refractivity contribution >= 4 is 29.9 Å². The molecule has 0 radical (unpaired) electrons. The van der Waals surface area contributed by atoms with Gasteiger partial charge in [-0.3, -0.25) is 9.89 Å². The van der Waals surface area contributed by atoms with Crippen LogP contribution in [0.1, 0.15) is 23.4 Å². The van der Waals surface area contributed by atoms with E-state index < -0.39 is 12.7 Å². The summed E-state index contributed by atoms with van der Waals surface area (Å²) in [5.74, 6) is 1.56. The molecule has 6 nitrogen and oxygen atoms in total. The van der Waals surface area contributed by atoms with E-state index in [9.17, 15) is 13.2 Å². The Morgan fingerprint density at radius 2 is 2.07 bits per heavy atom. The number of aliphatic imine (C=N–C) groups is 1. The van der Waals surface area contributed by atoms with E-state index in [1.807, 2.05) is 25.3 Å². The molecule has 0 aliphatic carbocycles. The fraction of sp³-hybridized carbons (Fsp3) is 0.500. The maximum absolute atomic E-state index is 12.5. The van der Waals surface area contributed by atoms with Crippen LogP contribution in [0.2, 0.25) is 0 Å². The Morgan fingerprint density at radius 3 is 2.73 bits per heavy atom. The number of aromatic nitrogens is 2. The third-order valence-electron chi connectivity index (χ3n) is 4.97. The van der Waals surface area contributed by atoms with E-state index in [2.05, 4.69) is 37.3 Å². The summed E-state index contributed by atoms with van der Waals surface area (Å²) in [6.45, 7) is 3.24. The first-order valence-electron chi connectivity index (χ1n) is 9.64. The van der Waals surface area contributed by atoms with E-state index in [4.69, 9.17) is 0 Å². The monoisotopic (exact) mass is 536 g/mol. The molecule has 0 saturated carbocycles. The van der Waals surface area contributed by atoms with Gasteiger partial charge in [0.2, 0.25) is 0 Å². The molecule has 10 heteroatoms. The molecule has 1 aromatic heterocycles. The Labute approximate surface area is 192 Å². The molecule has 166 valence electrons. The van der Waals surface area contributed by atoms with Gasteiger partial charge in [0.15, 0.2) is 5.96 Å². The Morgan fingerprint density at radius 1 is 1.30 bits per heavy atom. The fourth-order valence-corrected chi connectivity index (χ4v) is 3.53. The van der Waals surface area contributed by atoms with Crippen LogP contribution in [0.25, 0.3) is 0 Å². The molecule has 3 rings (SSSR count). The van der Waals surface area contributed by atoms with Crippen LogP contribution < -0.4 is 10.6 Å². The van der Waals surface area contributed by atoms with E-state index in [0.29, 0.717) is 32.0 Å². The molecule has 0 amide bonds. The van der Waals surface area contributed by atoms with Gasteiger partial charge in [-0.2, -0.15) is 13.2 Å². The zero-order valence-electron chi connectivity index (χ0n) is 17.1. The molecule has 1 aliphatic heterocycles. The first-order chi connectivity index (χ1) is 13.8. The lowest BCUT2D eigenvalue weighted by Gasteiger charge is -2.20. The lowest BCUT2D eigenvalue weighted by atomic mass is 10.1. The van der Waals surface area contributed by atoms with Crippen LogP contribution in [0.15, 0.2) is 41.7 Å². The van der Waals surface area contributed by atoms with Gasteiger partial charge in [0.25, 0.3) is 0 Å². The van der Waals surface area contributed by atoms with Crippen LogP contribution in [0.5, 0.6) is 0 Å². The number of hydrogen-bond acceptors (Lipinski definition) is 3. The molecule has 2 heterocycles. The number of imidazole rings is 1. The highest BCUT2D eigenvalue weighted by Crippen LogP contribution is 2.20. The Bertz CT molecular complexity index is 836. The molecule has 30 heavy (non-hydrogen) atoms. The lowest BCUT2D eigenvalue weighted by molar-refractivity contribution is -0.143. The summed E-state index contributed by atoms with van der Waals surface area (Å²) in [7, 11) is 1.66. The number of aryl methyl sites for hydroxylation is 1. The van der Waals surface area contributed by atoms with Gasteiger partial charge in [-0.15, -0.1) is 24.0 Å². The van der Waals surface area contributed by atoms with Crippen LogP contribution in [-0.2, 0) is 13.1 Å². The summed E-state index contributed by atoms with van der Waals surface area (Å²) in [5, 5.41) is 6.48. The highest BCUT2D eigenvalue weighted by atomic mass is 127. The molecule has 1 aromatic carbocycles. The van der Waals surface area contributed by atoms with Crippen molar-refractivity contribution < 1.29 is 13.2 Å². The minimum absolute atomic E-state index is 0. The first-order valence-corrected chi connectivity index (χ1v) is 9.64. The Balaban J connectivity index is 0.00000320. The lowest BCUT2D eigenvalue weighted by Crippen LogP contribution is -2.44. The van der Waals surface area contributed by atoms with Gasteiger partial charge in [0, 0.05) is 51.7 Å². The van der Waals surface area contributed by atoms with Crippen molar-refractivity contribution in [3.8, 4) is 0 Å². The third kappa shape index (κ3) is 7.46. The molecule has 0 spiro atoms. The average molecular weight is 536 g/mol. The first kappa shape index (κ1) is 24.4. The summed E-state index contributed by atoms with van der Waals surface area (Å²) in [4.78, 5) is 9.87. The summed E-state index contributed by atoms with van der Waals surface area (Å²) in [6, 6.07) is 8.20. The minimum atomic E-state index is -4.16. The van der Waals surface area contributed by atoms with Crippen LogP contribution in [0, 0.1) is 6.92 Å². The normalized spacial score (nSPS) is 17.6. The second kappa shape index (κ2) is 11.0. The van der Waals surface area contributed by atoms with Crippen molar-refractivity contribution in [2.45, 2.75) is 38.7 Å².